The van der Waals surface area contributed by atoms with Crippen LogP contribution in [0.1, 0.15) is 37.8 Å². The van der Waals surface area contributed by atoms with Crippen LogP contribution in [0.25, 0.3) is 11.1 Å². The number of carbonyl (C=O) groups excluding carboxylic acids is 2. The van der Waals surface area contributed by atoms with E-state index in [1.165, 1.54) is 24.3 Å². The van der Waals surface area contributed by atoms with Gasteiger partial charge in [0.25, 0.3) is 0 Å². The van der Waals surface area contributed by atoms with Gasteiger partial charge in [-0.1, -0.05) is 60.7 Å². The number of Topliss-reactive ketones (excluding diaryl/α,β-unsaturated/α-hetero) is 1. The summed E-state index contributed by atoms with van der Waals surface area (Å²) >= 11 is 0. The summed E-state index contributed by atoms with van der Waals surface area (Å²) in [6, 6.07) is 21.6. The predicted octanol–water partition coefficient (Wildman–Crippen LogP) is 4.11. The van der Waals surface area contributed by atoms with Crippen LogP contribution < -0.4 is 5.32 Å². The van der Waals surface area contributed by atoms with Crippen LogP contribution in [0.4, 0.5) is 4.79 Å². The molecular weight excluding hydrogens is 382 g/mol. The second-order valence-electron chi connectivity index (χ2n) is 6.98. The third-order valence-electron chi connectivity index (χ3n) is 5.19. The molecule has 0 radical (unpaired) electrons. The largest absolute Gasteiger partial charge is 0.478 e. The maximum absolute atomic E-state index is 12.2. The van der Waals surface area contributed by atoms with E-state index in [0.29, 0.717) is 5.56 Å². The van der Waals surface area contributed by atoms with Crippen LogP contribution in [-0.2, 0) is 4.74 Å². The van der Waals surface area contributed by atoms with Gasteiger partial charge in [0.2, 0.25) is 0 Å². The van der Waals surface area contributed by atoms with Crippen molar-refractivity contribution in [3.63, 3.8) is 0 Å². The maximum Gasteiger partial charge on any atom is 0.407 e. The molecule has 0 aliphatic heterocycles. The summed E-state index contributed by atoms with van der Waals surface area (Å²) in [5, 5.41) is 11.4. The number of fused-ring (bicyclic) bond motifs is 3. The Bertz CT molecular complexity index is 1070. The van der Waals surface area contributed by atoms with Gasteiger partial charge in [0, 0.05) is 11.5 Å². The standard InChI is InChI=1S/C24H19NO5/c26-22(15-9-11-16(12-10-15)23(27)28)13-25-24(29)30-14-21-19-7-3-1-5-17(19)18-6-2-4-8-20(18)21/h1-12,21H,13-14H2,(H,25,29)(H,27,28). The highest BCUT2D eigenvalue weighted by Gasteiger charge is 2.29. The van der Waals surface area contributed by atoms with E-state index in [1.807, 2.05) is 36.4 Å². The van der Waals surface area contributed by atoms with E-state index in [1.54, 1.807) is 0 Å². The lowest BCUT2D eigenvalue weighted by atomic mass is 9.98. The first-order valence-corrected chi connectivity index (χ1v) is 9.50. The Morgan fingerprint density at radius 3 is 1.90 bits per heavy atom. The lowest BCUT2D eigenvalue weighted by Crippen LogP contribution is -2.31. The molecule has 1 aliphatic carbocycles. The highest BCUT2D eigenvalue weighted by molar-refractivity contribution is 5.99. The van der Waals surface area contributed by atoms with Gasteiger partial charge in [-0.2, -0.15) is 0 Å². The summed E-state index contributed by atoms with van der Waals surface area (Å²) in [5.41, 5.74) is 4.92. The number of carboxylic acids is 1. The third-order valence-corrected chi connectivity index (χ3v) is 5.19. The van der Waals surface area contributed by atoms with E-state index in [-0.39, 0.29) is 30.4 Å². The second-order valence-corrected chi connectivity index (χ2v) is 6.98. The summed E-state index contributed by atoms with van der Waals surface area (Å²) in [6.07, 6.45) is -0.674. The first-order valence-electron chi connectivity index (χ1n) is 9.50. The van der Waals surface area contributed by atoms with Crippen LogP contribution >= 0.6 is 0 Å². The van der Waals surface area contributed by atoms with Crippen molar-refractivity contribution in [3.05, 3.63) is 95.1 Å². The van der Waals surface area contributed by atoms with Gasteiger partial charge in [0.05, 0.1) is 12.1 Å². The van der Waals surface area contributed by atoms with Gasteiger partial charge < -0.3 is 15.2 Å². The summed E-state index contributed by atoms with van der Waals surface area (Å²) in [6.45, 7) is -0.0650. The molecule has 0 unspecified atom stereocenters. The lowest BCUT2D eigenvalue weighted by molar-refractivity contribution is 0.0696. The van der Waals surface area contributed by atoms with Gasteiger partial charge in [-0.3, -0.25) is 4.79 Å². The Labute approximate surface area is 173 Å². The van der Waals surface area contributed by atoms with Crippen LogP contribution in [0.5, 0.6) is 0 Å². The second kappa shape index (κ2) is 8.21. The third kappa shape index (κ3) is 3.80. The van der Waals surface area contributed by atoms with Crippen molar-refractivity contribution in [2.75, 3.05) is 13.2 Å². The number of hydrogen-bond donors (Lipinski definition) is 2. The SMILES string of the molecule is O=C(NCC(=O)c1ccc(C(=O)O)cc1)OCC1c2ccccc2-c2ccccc21. The molecule has 0 heterocycles. The molecule has 0 saturated heterocycles. The van der Waals surface area contributed by atoms with Crippen molar-refractivity contribution in [1.82, 2.24) is 5.32 Å². The zero-order valence-electron chi connectivity index (χ0n) is 16.0. The fourth-order valence-corrected chi connectivity index (χ4v) is 3.70. The number of alkyl carbamates (subject to hydrolysis) is 1. The molecule has 3 aromatic rings. The van der Waals surface area contributed by atoms with Gasteiger partial charge in [-0.15, -0.1) is 0 Å². The molecule has 2 N–H and O–H groups in total. The van der Waals surface area contributed by atoms with Crippen LogP contribution in [0.3, 0.4) is 0 Å². The van der Waals surface area contributed by atoms with Gasteiger partial charge in [0.15, 0.2) is 5.78 Å². The number of carbonyl (C=O) groups is 3. The minimum absolute atomic E-state index is 0.0533. The summed E-state index contributed by atoms with van der Waals surface area (Å²) in [5.74, 6) is -1.45. The highest BCUT2D eigenvalue weighted by atomic mass is 16.5. The molecule has 0 spiro atoms. The van der Waals surface area contributed by atoms with Crippen LogP contribution in [-0.4, -0.2) is 36.1 Å². The Morgan fingerprint density at radius 1 is 0.800 bits per heavy atom. The van der Waals surface area contributed by atoms with Gasteiger partial charge in [-0.05, 0) is 34.4 Å². The highest BCUT2D eigenvalue weighted by Crippen LogP contribution is 2.44. The zero-order chi connectivity index (χ0) is 21.1. The molecule has 3 aromatic carbocycles. The Hall–Kier alpha value is -3.93. The number of carboxylic acid groups (broad SMARTS) is 1. The molecular formula is C24H19NO5. The van der Waals surface area contributed by atoms with E-state index >= 15 is 0 Å². The first kappa shape index (κ1) is 19.4. The Kier molecular flexibility index (Phi) is 5.30. The number of amides is 1. The maximum atomic E-state index is 12.2. The summed E-state index contributed by atoms with van der Waals surface area (Å²) in [4.78, 5) is 35.2. The number of aromatic carboxylic acids is 1. The molecule has 0 bridgehead atoms. The number of ether oxygens (including phenoxy) is 1. The van der Waals surface area contributed by atoms with Crippen molar-refractivity contribution in [2.45, 2.75) is 5.92 Å². The lowest BCUT2D eigenvalue weighted by Gasteiger charge is -2.14. The van der Waals surface area contributed by atoms with Crippen LogP contribution in [0.15, 0.2) is 72.8 Å². The Morgan fingerprint density at radius 2 is 1.33 bits per heavy atom. The van der Waals surface area contributed by atoms with Crippen molar-refractivity contribution < 1.29 is 24.2 Å². The molecule has 0 fully saturated rings. The Balaban J connectivity index is 1.35. The molecule has 1 aliphatic rings. The molecule has 1 amide bonds. The average Bonchev–Trinajstić information content (AvgIpc) is 3.10. The summed E-state index contributed by atoms with van der Waals surface area (Å²) < 4.78 is 5.40. The number of benzene rings is 3. The number of ketones is 1. The zero-order valence-corrected chi connectivity index (χ0v) is 16.0. The molecule has 0 aromatic heterocycles. The smallest absolute Gasteiger partial charge is 0.407 e. The molecule has 4 rings (SSSR count). The number of hydrogen-bond acceptors (Lipinski definition) is 4. The number of nitrogens with one attached hydrogen (secondary N) is 1. The van der Waals surface area contributed by atoms with E-state index in [2.05, 4.69) is 17.4 Å². The van der Waals surface area contributed by atoms with Gasteiger partial charge in [0.1, 0.15) is 6.61 Å². The van der Waals surface area contributed by atoms with Gasteiger partial charge in [-0.25, -0.2) is 9.59 Å². The monoisotopic (exact) mass is 401 g/mol. The average molecular weight is 401 g/mol. The molecule has 150 valence electrons. The molecule has 0 saturated carbocycles. The molecule has 6 heteroatoms. The summed E-state index contributed by atoms with van der Waals surface area (Å²) in [7, 11) is 0. The first-order chi connectivity index (χ1) is 14.5. The van der Waals surface area contributed by atoms with E-state index in [9.17, 15) is 14.4 Å². The minimum Gasteiger partial charge on any atom is -0.478 e. The number of rotatable bonds is 6. The topological polar surface area (TPSA) is 92.7 Å². The van der Waals surface area contributed by atoms with Crippen LogP contribution in [0.2, 0.25) is 0 Å². The van der Waals surface area contributed by atoms with Gasteiger partial charge >= 0.3 is 12.1 Å². The van der Waals surface area contributed by atoms with Crippen molar-refractivity contribution in [3.8, 4) is 11.1 Å². The molecule has 6 nitrogen and oxygen atoms in total. The molecule has 0 atom stereocenters. The predicted molar refractivity (Wildman–Crippen MR) is 111 cm³/mol. The van der Waals surface area contributed by atoms with Crippen molar-refractivity contribution in [1.29, 1.82) is 0 Å². The van der Waals surface area contributed by atoms with Crippen LogP contribution in [0, 0.1) is 0 Å². The fourth-order valence-electron chi connectivity index (χ4n) is 3.70. The van der Waals surface area contributed by atoms with Crippen molar-refractivity contribution in [2.24, 2.45) is 0 Å². The quantitative estimate of drug-likeness (QED) is 0.607. The molecule has 30 heavy (non-hydrogen) atoms. The van der Waals surface area contributed by atoms with Crippen molar-refractivity contribution >= 4 is 17.8 Å². The normalized spacial score (nSPS) is 12.0. The van der Waals surface area contributed by atoms with E-state index in [4.69, 9.17) is 9.84 Å². The van der Waals surface area contributed by atoms with E-state index < -0.39 is 12.1 Å². The fraction of sp³-hybridized carbons (Fsp3) is 0.125. The minimum atomic E-state index is -1.06. The van der Waals surface area contributed by atoms with E-state index in [0.717, 1.165) is 22.3 Å².